The third-order valence-corrected chi connectivity index (χ3v) is 2.35. The summed E-state index contributed by atoms with van der Waals surface area (Å²) in [5.74, 6) is -0.817. The molecule has 0 radical (unpaired) electrons. The van der Waals surface area contributed by atoms with E-state index < -0.39 is 32.3 Å². The van der Waals surface area contributed by atoms with E-state index in [1.54, 1.807) is 0 Å². The lowest BCUT2D eigenvalue weighted by molar-refractivity contribution is 0.382. The summed E-state index contributed by atoms with van der Waals surface area (Å²) in [4.78, 5) is 0. The average Bonchev–Trinajstić information content (AvgIpc) is 2.11. The van der Waals surface area contributed by atoms with Crippen molar-refractivity contribution in [3.05, 3.63) is 30.3 Å². The van der Waals surface area contributed by atoms with Crippen LogP contribution in [0.5, 0.6) is 11.5 Å². The van der Waals surface area contributed by atoms with Gasteiger partial charge in [-0.25, -0.2) is 0 Å². The third-order valence-electron chi connectivity index (χ3n) is 1.54. The van der Waals surface area contributed by atoms with Crippen molar-refractivity contribution in [2.45, 2.75) is 0 Å². The molecule has 1 rings (SSSR count). The molecule has 0 saturated carbocycles. The van der Waals surface area contributed by atoms with E-state index in [0.717, 1.165) is 18.2 Å². The Bertz CT molecular complexity index is 606. The Balaban J connectivity index is 3.21. The van der Waals surface area contributed by atoms with Gasteiger partial charge < -0.3 is 8.37 Å². The maximum absolute atomic E-state index is 10.5. The lowest BCUT2D eigenvalue weighted by Gasteiger charge is -2.06. The molecule has 0 aliphatic carbocycles. The van der Waals surface area contributed by atoms with Crippen LogP contribution in [0.4, 0.5) is 0 Å². The molecule has 0 unspecified atom stereocenters. The Hall–Kier alpha value is -1.62. The highest BCUT2D eigenvalue weighted by Gasteiger charge is 2.12. The lowest BCUT2D eigenvalue weighted by Crippen LogP contribution is -2.09. The topological polar surface area (TPSA) is 127 Å². The van der Waals surface area contributed by atoms with Crippen molar-refractivity contribution in [1.82, 2.24) is 0 Å². The maximum atomic E-state index is 10.5. The standard InChI is InChI=1S/C8H8O8S2/c1-2-6-3-7(15-17(9,10)11)5-8(4-6)16-18(12,13)14/h2-5H,1H2,(H,9,10,11)(H,12,13,14). The van der Waals surface area contributed by atoms with Crippen LogP contribution in [0.3, 0.4) is 0 Å². The minimum atomic E-state index is -4.76. The van der Waals surface area contributed by atoms with Crippen LogP contribution < -0.4 is 8.37 Å². The summed E-state index contributed by atoms with van der Waals surface area (Å²) in [5.41, 5.74) is 0.245. The summed E-state index contributed by atoms with van der Waals surface area (Å²) in [5, 5.41) is 0. The molecule has 2 N–H and O–H groups in total. The zero-order chi connectivity index (χ0) is 14.0. The molecule has 0 aliphatic rings. The summed E-state index contributed by atoms with van der Waals surface area (Å²) in [6.07, 6.45) is 1.24. The van der Waals surface area contributed by atoms with E-state index in [9.17, 15) is 16.8 Å². The molecule has 0 aliphatic heterocycles. The summed E-state index contributed by atoms with van der Waals surface area (Å²) in [6, 6.07) is 3.14. The highest BCUT2D eigenvalue weighted by atomic mass is 32.3. The Morgan fingerprint density at radius 2 is 1.33 bits per heavy atom. The molecule has 0 aromatic heterocycles. The van der Waals surface area contributed by atoms with Gasteiger partial charge in [0.2, 0.25) is 0 Å². The van der Waals surface area contributed by atoms with Crippen molar-refractivity contribution in [3.63, 3.8) is 0 Å². The molecule has 10 heteroatoms. The van der Waals surface area contributed by atoms with Gasteiger partial charge >= 0.3 is 20.8 Å². The van der Waals surface area contributed by atoms with Crippen molar-refractivity contribution in [2.75, 3.05) is 0 Å². The second-order valence-corrected chi connectivity index (χ2v) is 5.01. The molecule has 1 aromatic rings. The van der Waals surface area contributed by atoms with E-state index in [1.807, 2.05) is 0 Å². The van der Waals surface area contributed by atoms with Gasteiger partial charge in [0, 0.05) is 6.07 Å². The summed E-state index contributed by atoms with van der Waals surface area (Å²) >= 11 is 0. The first kappa shape index (κ1) is 14.4. The Kier molecular flexibility index (Phi) is 3.96. The molecule has 0 amide bonds. The van der Waals surface area contributed by atoms with E-state index in [0.29, 0.717) is 0 Å². The summed E-state index contributed by atoms with van der Waals surface area (Å²) < 4.78 is 67.2. The first-order valence-corrected chi connectivity index (χ1v) is 6.93. The van der Waals surface area contributed by atoms with E-state index in [4.69, 9.17) is 9.11 Å². The molecule has 0 bridgehead atoms. The smallest absolute Gasteiger partial charge is 0.362 e. The van der Waals surface area contributed by atoms with Gasteiger partial charge in [-0.15, -0.1) is 0 Å². The van der Waals surface area contributed by atoms with Crippen LogP contribution in [-0.2, 0) is 20.8 Å². The van der Waals surface area contributed by atoms with Crippen molar-refractivity contribution in [2.24, 2.45) is 0 Å². The molecular formula is C8H8O8S2. The van der Waals surface area contributed by atoms with E-state index >= 15 is 0 Å². The van der Waals surface area contributed by atoms with Crippen LogP contribution in [0.25, 0.3) is 6.08 Å². The predicted molar refractivity (Wildman–Crippen MR) is 60.9 cm³/mol. The van der Waals surface area contributed by atoms with Crippen LogP contribution >= 0.6 is 0 Å². The lowest BCUT2D eigenvalue weighted by atomic mass is 10.2. The van der Waals surface area contributed by atoms with Crippen LogP contribution in [0.2, 0.25) is 0 Å². The largest absolute Gasteiger partial charge is 0.446 e. The Morgan fingerprint density at radius 3 is 1.61 bits per heavy atom. The third kappa shape index (κ3) is 5.14. The molecule has 0 spiro atoms. The SMILES string of the molecule is C=Cc1cc(OS(=O)(=O)O)cc(OS(=O)(=O)O)c1. The first-order chi connectivity index (χ1) is 8.09. The fourth-order valence-corrected chi connectivity index (χ4v) is 1.73. The van der Waals surface area contributed by atoms with Gasteiger partial charge in [-0.3, -0.25) is 9.11 Å². The van der Waals surface area contributed by atoms with Gasteiger partial charge in [0.05, 0.1) is 0 Å². The van der Waals surface area contributed by atoms with Gasteiger partial charge in [-0.1, -0.05) is 12.7 Å². The van der Waals surface area contributed by atoms with Gasteiger partial charge in [-0.2, -0.15) is 16.8 Å². The monoisotopic (exact) mass is 296 g/mol. The van der Waals surface area contributed by atoms with Gasteiger partial charge in [0.25, 0.3) is 0 Å². The second kappa shape index (κ2) is 4.94. The van der Waals surface area contributed by atoms with E-state index in [1.165, 1.54) is 6.08 Å². The first-order valence-electron chi connectivity index (χ1n) is 4.20. The summed E-state index contributed by atoms with van der Waals surface area (Å²) in [7, 11) is -9.53. The van der Waals surface area contributed by atoms with Crippen LogP contribution in [0.15, 0.2) is 24.8 Å². The highest BCUT2D eigenvalue weighted by molar-refractivity contribution is 7.81. The number of benzene rings is 1. The molecule has 0 saturated heterocycles. The molecule has 0 atom stereocenters. The number of hydrogen-bond donors (Lipinski definition) is 2. The van der Waals surface area contributed by atoms with Crippen molar-refractivity contribution in [1.29, 1.82) is 0 Å². The molecule has 0 heterocycles. The predicted octanol–water partition coefficient (Wildman–Crippen LogP) is 0.693. The molecule has 0 fully saturated rings. The molecular weight excluding hydrogens is 288 g/mol. The van der Waals surface area contributed by atoms with Gasteiger partial charge in [0.15, 0.2) is 0 Å². The highest BCUT2D eigenvalue weighted by Crippen LogP contribution is 2.25. The fraction of sp³-hybridized carbons (Fsp3) is 0. The minimum Gasteiger partial charge on any atom is -0.362 e. The Morgan fingerprint density at radius 1 is 0.944 bits per heavy atom. The molecule has 1 aromatic carbocycles. The Labute approximate surface area is 103 Å². The fourth-order valence-electron chi connectivity index (χ4n) is 1.05. The van der Waals surface area contributed by atoms with Crippen LogP contribution in [0, 0.1) is 0 Å². The number of hydrogen-bond acceptors (Lipinski definition) is 6. The van der Waals surface area contributed by atoms with Crippen molar-refractivity contribution < 1.29 is 34.3 Å². The zero-order valence-corrected chi connectivity index (χ0v) is 10.3. The van der Waals surface area contributed by atoms with Gasteiger partial charge in [-0.05, 0) is 17.7 Å². The minimum absolute atomic E-state index is 0.245. The van der Waals surface area contributed by atoms with Crippen LogP contribution in [0.1, 0.15) is 5.56 Å². The zero-order valence-electron chi connectivity index (χ0n) is 8.68. The quantitative estimate of drug-likeness (QED) is 0.760. The van der Waals surface area contributed by atoms with E-state index in [2.05, 4.69) is 14.9 Å². The average molecular weight is 296 g/mol. The molecule has 8 nitrogen and oxygen atoms in total. The van der Waals surface area contributed by atoms with E-state index in [-0.39, 0.29) is 5.56 Å². The molecule has 18 heavy (non-hydrogen) atoms. The maximum Gasteiger partial charge on any atom is 0.446 e. The summed E-state index contributed by atoms with van der Waals surface area (Å²) in [6.45, 7) is 3.37. The normalized spacial score (nSPS) is 11.9. The number of rotatable bonds is 5. The van der Waals surface area contributed by atoms with Crippen molar-refractivity contribution in [3.8, 4) is 11.5 Å². The van der Waals surface area contributed by atoms with Crippen LogP contribution in [-0.4, -0.2) is 25.9 Å². The second-order valence-electron chi connectivity index (χ2n) is 2.96. The molecule has 100 valence electrons. The van der Waals surface area contributed by atoms with Crippen molar-refractivity contribution >= 4 is 26.9 Å². The van der Waals surface area contributed by atoms with Gasteiger partial charge in [0.1, 0.15) is 11.5 Å².